The summed E-state index contributed by atoms with van der Waals surface area (Å²) in [5.41, 5.74) is 2.91. The minimum absolute atomic E-state index is 0.522. The summed E-state index contributed by atoms with van der Waals surface area (Å²) in [6, 6.07) is 5.98. The molecule has 1 unspecified atom stereocenters. The van der Waals surface area contributed by atoms with Crippen molar-refractivity contribution in [3.05, 3.63) is 45.4 Å². The second-order valence-electron chi connectivity index (χ2n) is 4.33. The fourth-order valence-electron chi connectivity index (χ4n) is 1.91. The Hall–Kier alpha value is -1.39. The number of aryl methyl sites for hydroxylation is 2. The summed E-state index contributed by atoms with van der Waals surface area (Å²) in [4.78, 5) is 4.31. The van der Waals surface area contributed by atoms with Crippen molar-refractivity contribution in [2.75, 3.05) is 7.11 Å². The molecule has 0 aliphatic carbocycles. The van der Waals surface area contributed by atoms with E-state index in [4.69, 9.17) is 4.74 Å². The molecule has 4 heteroatoms. The number of ether oxygens (including phenoxy) is 1. The number of thiazole rings is 1. The molecule has 1 heterocycles. The van der Waals surface area contributed by atoms with Crippen LogP contribution in [0.25, 0.3) is 0 Å². The van der Waals surface area contributed by atoms with E-state index < -0.39 is 6.10 Å². The topological polar surface area (TPSA) is 42.4 Å². The van der Waals surface area contributed by atoms with Crippen LogP contribution in [0.5, 0.6) is 5.75 Å². The summed E-state index contributed by atoms with van der Waals surface area (Å²) in [6.45, 7) is 3.97. The molecular formula is C14H17NO2S. The van der Waals surface area contributed by atoms with Crippen molar-refractivity contribution in [3.63, 3.8) is 0 Å². The van der Waals surface area contributed by atoms with Crippen molar-refractivity contribution in [3.8, 4) is 5.75 Å². The molecule has 0 aliphatic rings. The summed E-state index contributed by atoms with van der Waals surface area (Å²) in [5.74, 6) is 0.812. The van der Waals surface area contributed by atoms with E-state index in [0.29, 0.717) is 6.42 Å². The van der Waals surface area contributed by atoms with Crippen LogP contribution in [-0.2, 0) is 6.42 Å². The van der Waals surface area contributed by atoms with Gasteiger partial charge in [-0.3, -0.25) is 0 Å². The Bertz CT molecular complexity index is 536. The molecule has 1 N–H and O–H groups in total. The maximum atomic E-state index is 10.2. The van der Waals surface area contributed by atoms with Crippen LogP contribution in [0.3, 0.4) is 0 Å². The van der Waals surface area contributed by atoms with Crippen molar-refractivity contribution < 1.29 is 9.84 Å². The van der Waals surface area contributed by atoms with Gasteiger partial charge in [-0.2, -0.15) is 0 Å². The smallest absolute Gasteiger partial charge is 0.122 e. The number of aromatic nitrogens is 1. The first kappa shape index (κ1) is 13.1. The minimum atomic E-state index is -0.578. The first-order valence-corrected chi connectivity index (χ1v) is 6.71. The van der Waals surface area contributed by atoms with Crippen LogP contribution >= 0.6 is 11.3 Å². The van der Waals surface area contributed by atoms with E-state index in [1.165, 1.54) is 0 Å². The highest BCUT2D eigenvalue weighted by molar-refractivity contribution is 7.09. The lowest BCUT2D eigenvalue weighted by atomic mass is 10.0. The van der Waals surface area contributed by atoms with Crippen LogP contribution in [-0.4, -0.2) is 17.2 Å². The molecule has 0 saturated carbocycles. The molecule has 0 saturated heterocycles. The van der Waals surface area contributed by atoms with Gasteiger partial charge in [0.2, 0.25) is 0 Å². The minimum Gasteiger partial charge on any atom is -0.496 e. The zero-order valence-electron chi connectivity index (χ0n) is 10.8. The van der Waals surface area contributed by atoms with Crippen LogP contribution in [0.4, 0.5) is 0 Å². The molecule has 2 aromatic rings. The molecule has 0 spiro atoms. The zero-order valence-corrected chi connectivity index (χ0v) is 11.6. The van der Waals surface area contributed by atoms with Gasteiger partial charge in [-0.25, -0.2) is 4.98 Å². The van der Waals surface area contributed by atoms with Gasteiger partial charge >= 0.3 is 0 Å². The molecule has 0 fully saturated rings. The number of nitrogens with zero attached hydrogens (tertiary/aromatic N) is 1. The molecule has 0 aliphatic heterocycles. The Kier molecular flexibility index (Phi) is 3.99. The Morgan fingerprint density at radius 1 is 1.39 bits per heavy atom. The molecule has 3 nitrogen and oxygen atoms in total. The Morgan fingerprint density at radius 3 is 2.78 bits per heavy atom. The van der Waals surface area contributed by atoms with Gasteiger partial charge in [0, 0.05) is 11.8 Å². The van der Waals surface area contributed by atoms with Crippen molar-refractivity contribution in [2.45, 2.75) is 26.4 Å². The number of methoxy groups -OCH3 is 1. The highest BCUT2D eigenvalue weighted by Gasteiger charge is 2.14. The molecule has 0 amide bonds. The van der Waals surface area contributed by atoms with Gasteiger partial charge in [-0.15, -0.1) is 11.3 Å². The predicted octanol–water partition coefficient (Wildman–Crippen LogP) is 3.04. The van der Waals surface area contributed by atoms with Gasteiger partial charge < -0.3 is 9.84 Å². The van der Waals surface area contributed by atoms with Crippen LogP contribution in [0, 0.1) is 13.8 Å². The third-order valence-corrected chi connectivity index (χ3v) is 3.62. The van der Waals surface area contributed by atoms with Gasteiger partial charge in [0.05, 0.1) is 17.8 Å². The van der Waals surface area contributed by atoms with Gasteiger partial charge in [0.25, 0.3) is 0 Å². The molecule has 1 atom stereocenters. The van der Waals surface area contributed by atoms with E-state index in [2.05, 4.69) is 4.98 Å². The second kappa shape index (κ2) is 5.50. The third-order valence-electron chi connectivity index (χ3n) is 2.83. The lowest BCUT2D eigenvalue weighted by molar-refractivity contribution is 0.173. The predicted molar refractivity (Wildman–Crippen MR) is 73.2 cm³/mol. The van der Waals surface area contributed by atoms with Gasteiger partial charge in [0.1, 0.15) is 11.9 Å². The van der Waals surface area contributed by atoms with Gasteiger partial charge in [-0.05, 0) is 25.5 Å². The number of benzene rings is 1. The van der Waals surface area contributed by atoms with Crippen molar-refractivity contribution in [1.29, 1.82) is 0 Å². The second-order valence-corrected chi connectivity index (χ2v) is 5.39. The Balaban J connectivity index is 2.20. The molecule has 2 rings (SSSR count). The molecule has 1 aromatic carbocycles. The summed E-state index contributed by atoms with van der Waals surface area (Å²) >= 11 is 1.55. The number of hydrogen-bond acceptors (Lipinski definition) is 4. The number of rotatable bonds is 4. The number of aliphatic hydroxyl groups excluding tert-OH is 1. The highest BCUT2D eigenvalue weighted by Crippen LogP contribution is 2.26. The van der Waals surface area contributed by atoms with Crippen LogP contribution in [0.15, 0.2) is 23.6 Å². The lowest BCUT2D eigenvalue weighted by Gasteiger charge is -2.12. The first-order valence-electron chi connectivity index (χ1n) is 5.83. The average Bonchev–Trinajstić information content (AvgIpc) is 2.76. The molecule has 18 heavy (non-hydrogen) atoms. The van der Waals surface area contributed by atoms with Crippen LogP contribution < -0.4 is 4.74 Å². The molecule has 1 aromatic heterocycles. The van der Waals surface area contributed by atoms with Crippen LogP contribution in [0.2, 0.25) is 0 Å². The standard InChI is InChI=1S/C14H17NO2S/c1-9-4-5-14(17-3)11(6-9)7-13(16)12-8-18-10(2)15-12/h4-6,8,13,16H,7H2,1-3H3. The first-order chi connectivity index (χ1) is 8.60. The fraction of sp³-hybridized carbons (Fsp3) is 0.357. The molecule has 96 valence electrons. The van der Waals surface area contributed by atoms with E-state index in [1.807, 2.05) is 37.4 Å². The largest absolute Gasteiger partial charge is 0.496 e. The van der Waals surface area contributed by atoms with Gasteiger partial charge in [0.15, 0.2) is 0 Å². The maximum absolute atomic E-state index is 10.2. The van der Waals surface area contributed by atoms with Gasteiger partial charge in [-0.1, -0.05) is 17.7 Å². The van der Waals surface area contributed by atoms with E-state index in [-0.39, 0.29) is 0 Å². The summed E-state index contributed by atoms with van der Waals surface area (Å²) in [5, 5.41) is 13.1. The maximum Gasteiger partial charge on any atom is 0.122 e. The van der Waals surface area contributed by atoms with E-state index in [9.17, 15) is 5.11 Å². The summed E-state index contributed by atoms with van der Waals surface area (Å²) in [6.07, 6.45) is -0.0563. The molecule has 0 radical (unpaired) electrons. The van der Waals surface area contributed by atoms with Crippen molar-refractivity contribution in [2.24, 2.45) is 0 Å². The molecular weight excluding hydrogens is 246 g/mol. The highest BCUT2D eigenvalue weighted by atomic mass is 32.1. The van der Waals surface area contributed by atoms with E-state index >= 15 is 0 Å². The van der Waals surface area contributed by atoms with E-state index in [0.717, 1.165) is 27.6 Å². The number of aliphatic hydroxyl groups is 1. The Labute approximate surface area is 111 Å². The average molecular weight is 263 g/mol. The fourth-order valence-corrected chi connectivity index (χ4v) is 2.57. The van der Waals surface area contributed by atoms with Crippen molar-refractivity contribution >= 4 is 11.3 Å². The quantitative estimate of drug-likeness (QED) is 0.922. The van der Waals surface area contributed by atoms with Crippen LogP contribution in [0.1, 0.15) is 27.9 Å². The lowest BCUT2D eigenvalue weighted by Crippen LogP contribution is -2.04. The summed E-state index contributed by atoms with van der Waals surface area (Å²) in [7, 11) is 1.65. The van der Waals surface area contributed by atoms with Crippen molar-refractivity contribution in [1.82, 2.24) is 4.98 Å². The number of hydrogen-bond donors (Lipinski definition) is 1. The normalized spacial score (nSPS) is 12.4. The molecule has 0 bridgehead atoms. The van der Waals surface area contributed by atoms with E-state index in [1.54, 1.807) is 18.4 Å². The SMILES string of the molecule is COc1ccc(C)cc1CC(O)c1csc(C)n1. The summed E-state index contributed by atoms with van der Waals surface area (Å²) < 4.78 is 5.31. The Morgan fingerprint density at radius 2 is 2.17 bits per heavy atom. The zero-order chi connectivity index (χ0) is 13.1. The third kappa shape index (κ3) is 2.89. The monoisotopic (exact) mass is 263 g/mol.